The van der Waals surface area contributed by atoms with E-state index in [0.29, 0.717) is 0 Å². The van der Waals surface area contributed by atoms with Gasteiger partial charge < -0.3 is 5.32 Å². The van der Waals surface area contributed by atoms with Crippen molar-refractivity contribution in [2.45, 2.75) is 36.7 Å². The van der Waals surface area contributed by atoms with E-state index in [1.165, 1.54) is 23.1 Å². The SMILES string of the molecule is CC1CC(NS(=O)(=O)c2cnn(-c3ccccc3F)c2)CCN1. The number of nitrogens with one attached hydrogen (secondary N) is 2. The third kappa shape index (κ3) is 3.60. The fraction of sp³-hybridized carbons (Fsp3) is 0.400. The van der Waals surface area contributed by atoms with Gasteiger partial charge in [0.1, 0.15) is 16.4 Å². The zero-order valence-electron chi connectivity index (χ0n) is 12.7. The zero-order valence-corrected chi connectivity index (χ0v) is 13.6. The van der Waals surface area contributed by atoms with Crippen molar-refractivity contribution >= 4 is 10.0 Å². The van der Waals surface area contributed by atoms with E-state index in [-0.39, 0.29) is 22.7 Å². The van der Waals surface area contributed by atoms with Crippen LogP contribution in [0.5, 0.6) is 0 Å². The number of piperidine rings is 1. The van der Waals surface area contributed by atoms with Crippen molar-refractivity contribution in [1.82, 2.24) is 19.8 Å². The molecule has 1 aromatic carbocycles. The quantitative estimate of drug-likeness (QED) is 0.884. The lowest BCUT2D eigenvalue weighted by molar-refractivity contribution is 0.361. The zero-order chi connectivity index (χ0) is 16.4. The summed E-state index contributed by atoms with van der Waals surface area (Å²) in [5.41, 5.74) is 0.212. The molecule has 0 radical (unpaired) electrons. The van der Waals surface area contributed by atoms with Crippen LogP contribution in [0.25, 0.3) is 5.69 Å². The summed E-state index contributed by atoms with van der Waals surface area (Å²) in [5, 5.41) is 7.24. The van der Waals surface area contributed by atoms with Crippen molar-refractivity contribution in [1.29, 1.82) is 0 Å². The van der Waals surface area contributed by atoms with Crippen molar-refractivity contribution in [2.24, 2.45) is 0 Å². The first-order valence-electron chi connectivity index (χ1n) is 7.51. The lowest BCUT2D eigenvalue weighted by Crippen LogP contribution is -2.46. The number of halogens is 1. The molecule has 2 unspecified atom stereocenters. The molecule has 0 amide bonds. The Morgan fingerprint density at radius 2 is 2.17 bits per heavy atom. The van der Waals surface area contributed by atoms with Crippen LogP contribution in [0, 0.1) is 5.82 Å². The predicted molar refractivity (Wildman–Crippen MR) is 84.3 cm³/mol. The van der Waals surface area contributed by atoms with E-state index in [0.717, 1.165) is 19.4 Å². The second-order valence-corrected chi connectivity index (χ2v) is 7.48. The Balaban J connectivity index is 1.80. The molecule has 2 atom stereocenters. The maximum absolute atomic E-state index is 13.8. The predicted octanol–water partition coefficient (Wildman–Crippen LogP) is 1.43. The van der Waals surface area contributed by atoms with Crippen LogP contribution in [0.4, 0.5) is 4.39 Å². The van der Waals surface area contributed by atoms with Crippen molar-refractivity contribution < 1.29 is 12.8 Å². The first-order valence-corrected chi connectivity index (χ1v) is 8.99. The number of para-hydroxylation sites is 1. The van der Waals surface area contributed by atoms with Crippen molar-refractivity contribution in [2.75, 3.05) is 6.54 Å². The van der Waals surface area contributed by atoms with Gasteiger partial charge in [-0.05, 0) is 38.4 Å². The van der Waals surface area contributed by atoms with E-state index >= 15 is 0 Å². The molecule has 1 fully saturated rings. The summed E-state index contributed by atoms with van der Waals surface area (Å²) in [7, 11) is -3.67. The summed E-state index contributed by atoms with van der Waals surface area (Å²) in [5.74, 6) is -0.459. The summed E-state index contributed by atoms with van der Waals surface area (Å²) in [6.07, 6.45) is 4.04. The average Bonchev–Trinajstić information content (AvgIpc) is 2.98. The number of sulfonamides is 1. The molecule has 3 rings (SSSR count). The highest BCUT2D eigenvalue weighted by atomic mass is 32.2. The second-order valence-electron chi connectivity index (χ2n) is 5.77. The average molecular weight is 338 g/mol. The van der Waals surface area contributed by atoms with Gasteiger partial charge >= 0.3 is 0 Å². The van der Waals surface area contributed by atoms with Crippen LogP contribution in [-0.4, -0.2) is 36.8 Å². The summed E-state index contributed by atoms with van der Waals surface area (Å²) in [6, 6.07) is 6.26. The Morgan fingerprint density at radius 1 is 1.39 bits per heavy atom. The molecule has 1 aliphatic heterocycles. The van der Waals surface area contributed by atoms with Gasteiger partial charge in [0.15, 0.2) is 0 Å². The van der Waals surface area contributed by atoms with Gasteiger partial charge in [0.2, 0.25) is 10.0 Å². The summed E-state index contributed by atoms with van der Waals surface area (Å²) < 4.78 is 42.6. The van der Waals surface area contributed by atoms with Crippen molar-refractivity contribution in [3.8, 4) is 5.69 Å². The molecular formula is C15H19FN4O2S. The number of rotatable bonds is 4. The van der Waals surface area contributed by atoms with Crippen LogP contribution < -0.4 is 10.0 Å². The molecule has 8 heteroatoms. The lowest BCUT2D eigenvalue weighted by Gasteiger charge is -2.28. The van der Waals surface area contributed by atoms with E-state index in [9.17, 15) is 12.8 Å². The normalized spacial score (nSPS) is 22.2. The minimum absolute atomic E-state index is 0.0342. The maximum Gasteiger partial charge on any atom is 0.243 e. The first kappa shape index (κ1) is 16.1. The fourth-order valence-corrected chi connectivity index (χ4v) is 3.95. The highest BCUT2D eigenvalue weighted by Gasteiger charge is 2.25. The Labute approximate surface area is 134 Å². The van der Waals surface area contributed by atoms with Gasteiger partial charge in [0.25, 0.3) is 0 Å². The Bertz CT molecular complexity index is 790. The van der Waals surface area contributed by atoms with Gasteiger partial charge in [0, 0.05) is 12.1 Å². The minimum Gasteiger partial charge on any atom is -0.314 e. The standard InChI is InChI=1S/C15H19FN4O2S/c1-11-8-12(6-7-17-11)19-23(21,22)13-9-18-20(10-13)15-5-3-2-4-14(15)16/h2-5,9-12,17,19H,6-8H2,1H3. The van der Waals surface area contributed by atoms with Crippen LogP contribution in [0.3, 0.4) is 0 Å². The largest absolute Gasteiger partial charge is 0.314 e. The van der Waals surface area contributed by atoms with E-state index in [1.807, 2.05) is 6.92 Å². The molecule has 1 aliphatic rings. The van der Waals surface area contributed by atoms with E-state index in [2.05, 4.69) is 15.1 Å². The monoisotopic (exact) mass is 338 g/mol. The van der Waals surface area contributed by atoms with Crippen LogP contribution in [0.1, 0.15) is 19.8 Å². The molecule has 1 saturated heterocycles. The van der Waals surface area contributed by atoms with Gasteiger partial charge in [-0.15, -0.1) is 0 Å². The molecular weight excluding hydrogens is 319 g/mol. The summed E-state index contributed by atoms with van der Waals surface area (Å²) >= 11 is 0. The van der Waals surface area contributed by atoms with Gasteiger partial charge in [-0.3, -0.25) is 0 Å². The maximum atomic E-state index is 13.8. The van der Waals surface area contributed by atoms with Crippen LogP contribution in [-0.2, 0) is 10.0 Å². The van der Waals surface area contributed by atoms with Crippen LogP contribution >= 0.6 is 0 Å². The van der Waals surface area contributed by atoms with Crippen LogP contribution in [0.15, 0.2) is 41.6 Å². The summed E-state index contributed by atoms with van der Waals surface area (Å²) in [6.45, 7) is 2.81. The number of nitrogens with zero attached hydrogens (tertiary/aromatic N) is 2. The molecule has 1 aromatic heterocycles. The van der Waals surface area contributed by atoms with Gasteiger partial charge in [-0.25, -0.2) is 22.2 Å². The van der Waals surface area contributed by atoms with Crippen molar-refractivity contribution in [3.63, 3.8) is 0 Å². The molecule has 2 aromatic rings. The number of benzene rings is 1. The third-order valence-corrected chi connectivity index (χ3v) is 5.39. The number of hydrogen-bond acceptors (Lipinski definition) is 4. The number of hydrogen-bond donors (Lipinski definition) is 2. The second kappa shape index (κ2) is 6.38. The van der Waals surface area contributed by atoms with E-state index in [1.54, 1.807) is 18.2 Å². The smallest absolute Gasteiger partial charge is 0.243 e. The van der Waals surface area contributed by atoms with Gasteiger partial charge in [-0.2, -0.15) is 5.10 Å². The highest BCUT2D eigenvalue weighted by Crippen LogP contribution is 2.17. The molecule has 0 bridgehead atoms. The van der Waals surface area contributed by atoms with Crippen LogP contribution in [0.2, 0.25) is 0 Å². The molecule has 2 N–H and O–H groups in total. The Kier molecular flexibility index (Phi) is 4.47. The lowest BCUT2D eigenvalue weighted by atomic mass is 10.0. The molecule has 0 spiro atoms. The molecule has 0 saturated carbocycles. The molecule has 6 nitrogen and oxygen atoms in total. The first-order chi connectivity index (χ1) is 11.0. The van der Waals surface area contributed by atoms with Crippen molar-refractivity contribution in [3.05, 3.63) is 42.5 Å². The molecule has 2 heterocycles. The number of aromatic nitrogens is 2. The molecule has 23 heavy (non-hydrogen) atoms. The van der Waals surface area contributed by atoms with E-state index in [4.69, 9.17) is 0 Å². The third-order valence-electron chi connectivity index (χ3n) is 3.91. The van der Waals surface area contributed by atoms with Gasteiger partial charge in [-0.1, -0.05) is 12.1 Å². The Hall–Kier alpha value is -1.77. The Morgan fingerprint density at radius 3 is 2.91 bits per heavy atom. The minimum atomic E-state index is -3.67. The van der Waals surface area contributed by atoms with E-state index < -0.39 is 15.8 Å². The van der Waals surface area contributed by atoms with Gasteiger partial charge in [0.05, 0.1) is 12.4 Å². The molecule has 0 aliphatic carbocycles. The topological polar surface area (TPSA) is 76.0 Å². The molecule has 124 valence electrons. The summed E-state index contributed by atoms with van der Waals surface area (Å²) in [4.78, 5) is 0.0342. The fourth-order valence-electron chi connectivity index (χ4n) is 2.74. The highest BCUT2D eigenvalue weighted by molar-refractivity contribution is 7.89.